The van der Waals surface area contributed by atoms with Crippen molar-refractivity contribution in [1.29, 1.82) is 0 Å². The van der Waals surface area contributed by atoms with Gasteiger partial charge in [-0.25, -0.2) is 0 Å². The summed E-state index contributed by atoms with van der Waals surface area (Å²) < 4.78 is 0. The normalized spacial score (nSPS) is 28.2. The molecular formula is C14H26N2O2. The average molecular weight is 254 g/mol. The summed E-state index contributed by atoms with van der Waals surface area (Å²) in [7, 11) is 0. The second-order valence-corrected chi connectivity index (χ2v) is 5.74. The number of carbonyl (C=O) groups is 1. The van der Waals surface area contributed by atoms with Crippen molar-refractivity contribution >= 4 is 5.91 Å². The van der Waals surface area contributed by atoms with Crippen LogP contribution in [0, 0.1) is 0 Å². The minimum atomic E-state index is -0.105. The average Bonchev–Trinajstić information content (AvgIpc) is 2.87. The lowest BCUT2D eigenvalue weighted by Gasteiger charge is -2.31. The Morgan fingerprint density at radius 2 is 2.00 bits per heavy atom. The Bertz CT molecular complexity index is 277. The molecule has 0 radical (unpaired) electrons. The minimum absolute atomic E-state index is 0.105. The number of hydrogen-bond donors (Lipinski definition) is 2. The van der Waals surface area contributed by atoms with Gasteiger partial charge < -0.3 is 10.4 Å². The summed E-state index contributed by atoms with van der Waals surface area (Å²) in [6.07, 6.45) is 8.14. The molecule has 0 spiro atoms. The van der Waals surface area contributed by atoms with Gasteiger partial charge in [-0.15, -0.1) is 0 Å². The molecule has 1 saturated heterocycles. The van der Waals surface area contributed by atoms with Gasteiger partial charge in [0.15, 0.2) is 0 Å². The Morgan fingerprint density at radius 3 is 2.67 bits per heavy atom. The van der Waals surface area contributed by atoms with Gasteiger partial charge in [0.1, 0.15) is 0 Å². The lowest BCUT2D eigenvalue weighted by atomic mass is 9.95. The first kappa shape index (κ1) is 13.8. The molecule has 0 aromatic rings. The van der Waals surface area contributed by atoms with Crippen LogP contribution in [0.25, 0.3) is 0 Å². The van der Waals surface area contributed by atoms with Gasteiger partial charge in [0, 0.05) is 12.1 Å². The van der Waals surface area contributed by atoms with E-state index >= 15 is 0 Å². The number of aliphatic hydroxyl groups excluding tert-OH is 1. The smallest absolute Gasteiger partial charge is 0.237 e. The number of carbonyl (C=O) groups excluding carboxylic acids is 1. The second-order valence-electron chi connectivity index (χ2n) is 5.74. The van der Waals surface area contributed by atoms with Crippen LogP contribution in [-0.4, -0.2) is 47.2 Å². The summed E-state index contributed by atoms with van der Waals surface area (Å²) in [5.74, 6) is 0.141. The highest BCUT2D eigenvalue weighted by Crippen LogP contribution is 2.21. The third-order valence-electron chi connectivity index (χ3n) is 4.46. The maximum Gasteiger partial charge on any atom is 0.237 e. The highest BCUT2D eigenvalue weighted by atomic mass is 16.3. The SMILES string of the molecule is CC(C(=O)NC1CCCCC1)N1CCCC1CO. The molecule has 18 heavy (non-hydrogen) atoms. The first-order valence-electron chi connectivity index (χ1n) is 7.39. The molecule has 2 N–H and O–H groups in total. The zero-order chi connectivity index (χ0) is 13.0. The minimum Gasteiger partial charge on any atom is -0.395 e. The summed E-state index contributed by atoms with van der Waals surface area (Å²) in [5.41, 5.74) is 0. The van der Waals surface area contributed by atoms with Crippen LogP contribution in [0.4, 0.5) is 0 Å². The van der Waals surface area contributed by atoms with Crippen LogP contribution in [0.2, 0.25) is 0 Å². The number of likely N-dealkylation sites (tertiary alicyclic amines) is 1. The van der Waals surface area contributed by atoms with E-state index in [2.05, 4.69) is 10.2 Å². The van der Waals surface area contributed by atoms with Crippen molar-refractivity contribution in [2.24, 2.45) is 0 Å². The zero-order valence-corrected chi connectivity index (χ0v) is 11.4. The van der Waals surface area contributed by atoms with Crippen LogP contribution in [0.5, 0.6) is 0 Å². The molecule has 4 nitrogen and oxygen atoms in total. The van der Waals surface area contributed by atoms with Crippen molar-refractivity contribution < 1.29 is 9.90 Å². The van der Waals surface area contributed by atoms with Crippen LogP contribution < -0.4 is 5.32 Å². The van der Waals surface area contributed by atoms with Crippen molar-refractivity contribution in [3.05, 3.63) is 0 Å². The third-order valence-corrected chi connectivity index (χ3v) is 4.46. The van der Waals surface area contributed by atoms with Crippen molar-refractivity contribution in [1.82, 2.24) is 10.2 Å². The largest absolute Gasteiger partial charge is 0.395 e. The van der Waals surface area contributed by atoms with E-state index in [1.165, 1.54) is 19.3 Å². The molecule has 4 heteroatoms. The quantitative estimate of drug-likeness (QED) is 0.794. The van der Waals surface area contributed by atoms with E-state index in [0.717, 1.165) is 32.2 Å². The van der Waals surface area contributed by atoms with Gasteiger partial charge in [-0.2, -0.15) is 0 Å². The molecule has 1 amide bonds. The van der Waals surface area contributed by atoms with Gasteiger partial charge in [-0.05, 0) is 39.2 Å². The fraction of sp³-hybridized carbons (Fsp3) is 0.929. The molecule has 1 aliphatic carbocycles. The Labute approximate surface area is 110 Å². The number of nitrogens with one attached hydrogen (secondary N) is 1. The van der Waals surface area contributed by atoms with Gasteiger partial charge in [0.2, 0.25) is 5.91 Å². The first-order valence-corrected chi connectivity index (χ1v) is 7.39. The number of aliphatic hydroxyl groups is 1. The topological polar surface area (TPSA) is 52.6 Å². The van der Waals surface area contributed by atoms with Gasteiger partial charge in [-0.3, -0.25) is 9.69 Å². The number of nitrogens with zero attached hydrogens (tertiary/aromatic N) is 1. The van der Waals surface area contributed by atoms with Crippen molar-refractivity contribution in [2.45, 2.75) is 70.0 Å². The Balaban J connectivity index is 1.83. The monoisotopic (exact) mass is 254 g/mol. The van der Waals surface area contributed by atoms with Crippen LogP contribution in [0.15, 0.2) is 0 Å². The maximum atomic E-state index is 12.2. The Hall–Kier alpha value is -0.610. The number of hydrogen-bond acceptors (Lipinski definition) is 3. The van der Waals surface area contributed by atoms with Crippen molar-refractivity contribution in [3.8, 4) is 0 Å². The molecule has 1 saturated carbocycles. The molecule has 2 aliphatic rings. The molecule has 2 fully saturated rings. The molecule has 1 aliphatic heterocycles. The Kier molecular flexibility index (Phi) is 5.01. The fourth-order valence-electron chi connectivity index (χ4n) is 3.28. The standard InChI is InChI=1S/C14H26N2O2/c1-11(16-9-5-8-13(16)10-17)14(18)15-12-6-3-2-4-7-12/h11-13,17H,2-10H2,1H3,(H,15,18). The van der Waals surface area contributed by atoms with Crippen LogP contribution in [-0.2, 0) is 4.79 Å². The summed E-state index contributed by atoms with van der Waals surface area (Å²) in [4.78, 5) is 14.4. The van der Waals surface area contributed by atoms with Crippen molar-refractivity contribution in [2.75, 3.05) is 13.2 Å². The molecule has 2 atom stereocenters. The van der Waals surface area contributed by atoms with Gasteiger partial charge in [0.25, 0.3) is 0 Å². The van der Waals surface area contributed by atoms with E-state index in [1.54, 1.807) is 0 Å². The van der Waals surface area contributed by atoms with E-state index < -0.39 is 0 Å². The highest BCUT2D eigenvalue weighted by Gasteiger charge is 2.32. The van der Waals surface area contributed by atoms with E-state index in [-0.39, 0.29) is 24.6 Å². The highest BCUT2D eigenvalue weighted by molar-refractivity contribution is 5.81. The van der Waals surface area contributed by atoms with Gasteiger partial charge >= 0.3 is 0 Å². The zero-order valence-electron chi connectivity index (χ0n) is 11.4. The van der Waals surface area contributed by atoms with E-state index in [9.17, 15) is 9.90 Å². The van der Waals surface area contributed by atoms with Crippen LogP contribution >= 0.6 is 0 Å². The lowest BCUT2D eigenvalue weighted by molar-refractivity contribution is -0.127. The predicted molar refractivity (Wildman–Crippen MR) is 71.3 cm³/mol. The maximum absolute atomic E-state index is 12.2. The number of amides is 1. The van der Waals surface area contributed by atoms with E-state index in [0.29, 0.717) is 6.04 Å². The van der Waals surface area contributed by atoms with E-state index in [1.807, 2.05) is 6.92 Å². The van der Waals surface area contributed by atoms with Gasteiger partial charge in [-0.1, -0.05) is 19.3 Å². The molecule has 1 heterocycles. The van der Waals surface area contributed by atoms with Gasteiger partial charge in [0.05, 0.1) is 12.6 Å². The predicted octanol–water partition coefficient (Wildman–Crippen LogP) is 1.28. The molecule has 2 rings (SSSR count). The Morgan fingerprint density at radius 1 is 1.28 bits per heavy atom. The number of rotatable bonds is 4. The molecule has 0 bridgehead atoms. The summed E-state index contributed by atoms with van der Waals surface area (Å²) in [6.45, 7) is 3.07. The van der Waals surface area contributed by atoms with Crippen LogP contribution in [0.3, 0.4) is 0 Å². The fourth-order valence-corrected chi connectivity index (χ4v) is 3.28. The van der Waals surface area contributed by atoms with Crippen molar-refractivity contribution in [3.63, 3.8) is 0 Å². The summed E-state index contributed by atoms with van der Waals surface area (Å²) in [6, 6.07) is 0.451. The third kappa shape index (κ3) is 3.23. The molecule has 104 valence electrons. The van der Waals surface area contributed by atoms with Crippen LogP contribution in [0.1, 0.15) is 51.9 Å². The lowest BCUT2D eigenvalue weighted by Crippen LogP contribution is -2.50. The van der Waals surface area contributed by atoms with E-state index in [4.69, 9.17) is 0 Å². The molecule has 0 aromatic carbocycles. The molecular weight excluding hydrogens is 228 g/mol. The molecule has 2 unspecified atom stereocenters. The summed E-state index contributed by atoms with van der Waals surface area (Å²) >= 11 is 0. The second kappa shape index (κ2) is 6.53. The summed E-state index contributed by atoms with van der Waals surface area (Å²) in [5, 5.41) is 12.5. The molecule has 0 aromatic heterocycles. The first-order chi connectivity index (χ1) is 8.72.